The molecule has 0 aliphatic carbocycles. The molecule has 4 heteroatoms. The molecule has 1 unspecified atom stereocenters. The van der Waals surface area contributed by atoms with Gasteiger partial charge in [-0.05, 0) is 18.1 Å². The number of nitrogens with one attached hydrogen (secondary N) is 1. The molecule has 0 amide bonds. The van der Waals surface area contributed by atoms with Gasteiger partial charge in [0.05, 0.1) is 6.54 Å². The van der Waals surface area contributed by atoms with Crippen LogP contribution >= 0.6 is 11.3 Å². The van der Waals surface area contributed by atoms with Crippen molar-refractivity contribution in [1.82, 2.24) is 15.2 Å². The molecule has 5 rings (SSSR count). The minimum atomic E-state index is 0.589. The molecular weight excluding hydrogens is 290 g/mol. The van der Waals surface area contributed by atoms with Gasteiger partial charge in [0.15, 0.2) is 0 Å². The van der Waals surface area contributed by atoms with Crippen LogP contribution in [-0.4, -0.2) is 35.1 Å². The maximum Gasteiger partial charge on any atom is 0.107 e. The molecule has 2 aromatic rings. The number of thiazole rings is 1. The van der Waals surface area contributed by atoms with Gasteiger partial charge >= 0.3 is 0 Å². The molecular formula is C18H21N3S. The van der Waals surface area contributed by atoms with Crippen LogP contribution in [0.2, 0.25) is 0 Å². The average Bonchev–Trinajstić information content (AvgIpc) is 3.02. The first kappa shape index (κ1) is 14.1. The van der Waals surface area contributed by atoms with Crippen LogP contribution in [0, 0.1) is 0 Å². The number of nitrogens with zero attached hydrogens (tertiary/aromatic N) is 2. The highest BCUT2D eigenvalue weighted by Gasteiger charge is 2.46. The highest BCUT2D eigenvalue weighted by molar-refractivity contribution is 7.09. The first-order valence-corrected chi connectivity index (χ1v) is 8.81. The number of benzene rings is 1. The minimum Gasteiger partial charge on any atom is -0.307 e. The number of rotatable bonds is 4. The van der Waals surface area contributed by atoms with Crippen LogP contribution in [0.25, 0.3) is 6.08 Å². The molecule has 0 saturated carbocycles. The van der Waals surface area contributed by atoms with Gasteiger partial charge < -0.3 is 5.32 Å². The Bertz CT molecular complexity index is 635. The molecule has 4 heterocycles. The van der Waals surface area contributed by atoms with E-state index in [1.807, 2.05) is 6.20 Å². The number of piperazine rings is 1. The summed E-state index contributed by atoms with van der Waals surface area (Å²) < 4.78 is 0. The zero-order valence-electron chi connectivity index (χ0n) is 12.8. The minimum absolute atomic E-state index is 0.589. The summed E-state index contributed by atoms with van der Waals surface area (Å²) in [6.45, 7) is 5.30. The Balaban J connectivity index is 1.42. The van der Waals surface area contributed by atoms with Crippen LogP contribution in [0.15, 0.2) is 41.9 Å². The second-order valence-corrected chi connectivity index (χ2v) is 7.17. The van der Waals surface area contributed by atoms with Gasteiger partial charge in [-0.1, -0.05) is 36.4 Å². The van der Waals surface area contributed by atoms with Crippen molar-refractivity contribution in [2.24, 2.45) is 0 Å². The van der Waals surface area contributed by atoms with Gasteiger partial charge in [0.1, 0.15) is 5.01 Å². The number of hydrogen-bond donors (Lipinski definition) is 1. The average molecular weight is 311 g/mol. The van der Waals surface area contributed by atoms with Gasteiger partial charge in [-0.3, -0.25) is 4.90 Å². The summed E-state index contributed by atoms with van der Waals surface area (Å²) in [4.78, 5) is 6.94. The van der Waals surface area contributed by atoms with E-state index < -0.39 is 0 Å². The maximum atomic E-state index is 4.40. The van der Waals surface area contributed by atoms with Gasteiger partial charge in [0.25, 0.3) is 0 Å². The number of piperidine rings is 1. The third-order valence-electron chi connectivity index (χ3n) is 4.73. The molecule has 3 nitrogen and oxygen atoms in total. The molecule has 1 aromatic carbocycles. The summed E-state index contributed by atoms with van der Waals surface area (Å²) >= 11 is 1.76. The lowest BCUT2D eigenvalue weighted by Crippen LogP contribution is -2.71. The number of allylic oxidation sites excluding steroid dienone is 1. The molecule has 1 N–H and O–H groups in total. The first-order chi connectivity index (χ1) is 10.8. The van der Waals surface area contributed by atoms with Crippen LogP contribution in [0.3, 0.4) is 0 Å². The molecule has 3 saturated heterocycles. The summed E-state index contributed by atoms with van der Waals surface area (Å²) in [7, 11) is 0. The van der Waals surface area contributed by atoms with Crippen molar-refractivity contribution in [1.29, 1.82) is 0 Å². The number of hydrogen-bond acceptors (Lipinski definition) is 4. The molecule has 0 spiro atoms. The van der Waals surface area contributed by atoms with Crippen molar-refractivity contribution < 1.29 is 0 Å². The molecule has 1 aromatic heterocycles. The molecule has 3 fully saturated rings. The van der Waals surface area contributed by atoms with E-state index >= 15 is 0 Å². The molecule has 2 bridgehead atoms. The SMILES string of the molecule is C/C=C/c1ccc(C2[C@@H]3CN(Cc4nccs4)C[C@H]2N3)cc1. The zero-order valence-corrected chi connectivity index (χ0v) is 13.6. The lowest BCUT2D eigenvalue weighted by Gasteiger charge is -2.54. The highest BCUT2D eigenvalue weighted by Crippen LogP contribution is 2.37. The van der Waals surface area contributed by atoms with Crippen LogP contribution in [0.5, 0.6) is 0 Å². The summed E-state index contributed by atoms with van der Waals surface area (Å²) in [5.74, 6) is 0.673. The van der Waals surface area contributed by atoms with Crippen molar-refractivity contribution in [3.8, 4) is 0 Å². The van der Waals surface area contributed by atoms with Gasteiger partial charge in [0, 0.05) is 42.7 Å². The van der Waals surface area contributed by atoms with E-state index in [-0.39, 0.29) is 0 Å². The molecule has 114 valence electrons. The van der Waals surface area contributed by atoms with Gasteiger partial charge in [-0.2, -0.15) is 0 Å². The largest absolute Gasteiger partial charge is 0.307 e. The van der Waals surface area contributed by atoms with Crippen LogP contribution in [-0.2, 0) is 6.54 Å². The van der Waals surface area contributed by atoms with Gasteiger partial charge in [-0.15, -0.1) is 11.3 Å². The standard InChI is InChI=1S/C18H21N3S/c1-2-3-13-4-6-14(7-5-13)18-15-10-21(11-16(18)20-15)12-17-19-8-9-22-17/h2-9,15-16,18,20H,10-12H2,1H3/b3-2+/t15-,16+,18?. The Morgan fingerprint density at radius 1 is 1.27 bits per heavy atom. The van der Waals surface area contributed by atoms with Crippen molar-refractivity contribution in [2.75, 3.05) is 13.1 Å². The predicted octanol–water partition coefficient (Wildman–Crippen LogP) is 3.12. The molecule has 3 aliphatic rings. The smallest absolute Gasteiger partial charge is 0.107 e. The summed E-state index contributed by atoms with van der Waals surface area (Å²) in [5, 5.41) is 7.00. The normalized spacial score (nSPS) is 28.0. The van der Waals surface area contributed by atoms with Crippen LogP contribution in [0.4, 0.5) is 0 Å². The summed E-state index contributed by atoms with van der Waals surface area (Å²) in [5.41, 5.74) is 2.77. The maximum absolute atomic E-state index is 4.40. The van der Waals surface area contributed by atoms with Gasteiger partial charge in [0.2, 0.25) is 0 Å². The summed E-state index contributed by atoms with van der Waals surface area (Å²) in [6, 6.07) is 10.2. The number of aromatic nitrogens is 1. The lowest BCUT2D eigenvalue weighted by atomic mass is 9.74. The van der Waals surface area contributed by atoms with E-state index in [0.717, 1.165) is 19.6 Å². The van der Waals surface area contributed by atoms with E-state index in [1.165, 1.54) is 16.1 Å². The van der Waals surface area contributed by atoms with E-state index in [1.54, 1.807) is 11.3 Å². The first-order valence-electron chi connectivity index (χ1n) is 7.93. The third-order valence-corrected chi connectivity index (χ3v) is 5.49. The second-order valence-electron chi connectivity index (χ2n) is 6.19. The van der Waals surface area contributed by atoms with Crippen LogP contribution in [0.1, 0.15) is 29.0 Å². The van der Waals surface area contributed by atoms with Crippen LogP contribution < -0.4 is 5.32 Å². The monoisotopic (exact) mass is 311 g/mol. The van der Waals surface area contributed by atoms with E-state index in [9.17, 15) is 0 Å². The third kappa shape index (κ3) is 2.62. The molecule has 3 atom stereocenters. The predicted molar refractivity (Wildman–Crippen MR) is 92.0 cm³/mol. The Kier molecular flexibility index (Phi) is 3.82. The topological polar surface area (TPSA) is 28.2 Å². The Hall–Kier alpha value is -1.49. The lowest BCUT2D eigenvalue weighted by molar-refractivity contribution is 0.0470. The van der Waals surface area contributed by atoms with Crippen molar-refractivity contribution >= 4 is 17.4 Å². The zero-order chi connectivity index (χ0) is 14.9. The van der Waals surface area contributed by atoms with E-state index in [4.69, 9.17) is 0 Å². The quantitative estimate of drug-likeness (QED) is 0.940. The Morgan fingerprint density at radius 3 is 2.68 bits per heavy atom. The Labute approximate surface area is 135 Å². The molecule has 0 radical (unpaired) electrons. The molecule has 3 aliphatic heterocycles. The van der Waals surface area contributed by atoms with E-state index in [2.05, 4.69) is 63.9 Å². The van der Waals surface area contributed by atoms with E-state index in [0.29, 0.717) is 18.0 Å². The van der Waals surface area contributed by atoms with Crippen molar-refractivity contribution in [3.63, 3.8) is 0 Å². The van der Waals surface area contributed by atoms with Gasteiger partial charge in [-0.25, -0.2) is 4.98 Å². The van der Waals surface area contributed by atoms with Crippen molar-refractivity contribution in [3.05, 3.63) is 58.1 Å². The fraction of sp³-hybridized carbons (Fsp3) is 0.389. The fourth-order valence-corrected chi connectivity index (χ4v) is 4.40. The summed E-state index contributed by atoms with van der Waals surface area (Å²) in [6.07, 6.45) is 6.14. The molecule has 22 heavy (non-hydrogen) atoms. The Morgan fingerprint density at radius 2 is 2.05 bits per heavy atom. The highest BCUT2D eigenvalue weighted by atomic mass is 32.1. The fourth-order valence-electron chi connectivity index (χ4n) is 3.75. The van der Waals surface area contributed by atoms with Crippen molar-refractivity contribution in [2.45, 2.75) is 31.5 Å². The number of fused-ring (bicyclic) bond motifs is 2. The second kappa shape index (κ2) is 5.95.